The highest BCUT2D eigenvalue weighted by Gasteiger charge is 2.25. The van der Waals surface area contributed by atoms with Gasteiger partial charge in [0.2, 0.25) is 0 Å². The van der Waals surface area contributed by atoms with Crippen molar-refractivity contribution in [3.05, 3.63) is 42.1 Å². The first-order chi connectivity index (χ1) is 12.0. The summed E-state index contributed by atoms with van der Waals surface area (Å²) in [5.74, 6) is -1.51. The van der Waals surface area contributed by atoms with Crippen LogP contribution in [0.3, 0.4) is 0 Å². The van der Waals surface area contributed by atoms with Crippen LogP contribution in [0, 0.1) is 23.4 Å². The van der Waals surface area contributed by atoms with Crippen molar-refractivity contribution in [2.45, 2.75) is 19.8 Å². The zero-order valence-corrected chi connectivity index (χ0v) is 13.6. The number of anilines is 1. The molecule has 0 N–H and O–H groups in total. The van der Waals surface area contributed by atoms with Gasteiger partial charge in [0.05, 0.1) is 5.56 Å². The van der Waals surface area contributed by atoms with E-state index in [4.69, 9.17) is 0 Å². The van der Waals surface area contributed by atoms with E-state index in [1.807, 2.05) is 4.90 Å². The molecule has 0 spiro atoms. The van der Waals surface area contributed by atoms with Gasteiger partial charge in [-0.1, -0.05) is 6.92 Å². The third-order valence-corrected chi connectivity index (χ3v) is 4.61. The molecule has 0 amide bonds. The summed E-state index contributed by atoms with van der Waals surface area (Å²) in [6.07, 6.45) is 4.74. The molecule has 1 aliphatic heterocycles. The largest absolute Gasteiger partial charge is 0.356 e. The minimum Gasteiger partial charge on any atom is -0.356 e. The van der Waals surface area contributed by atoms with Gasteiger partial charge in [0.1, 0.15) is 29.6 Å². The topological polar surface area (TPSA) is 46.3 Å². The van der Waals surface area contributed by atoms with E-state index >= 15 is 0 Å². The molecule has 1 fully saturated rings. The van der Waals surface area contributed by atoms with Crippen molar-refractivity contribution in [3.63, 3.8) is 0 Å². The summed E-state index contributed by atoms with van der Waals surface area (Å²) >= 11 is 0. The van der Waals surface area contributed by atoms with Gasteiger partial charge < -0.3 is 4.90 Å². The second-order valence-corrected chi connectivity index (χ2v) is 6.40. The predicted molar refractivity (Wildman–Crippen MR) is 86.7 cm³/mol. The van der Waals surface area contributed by atoms with Gasteiger partial charge in [0.25, 0.3) is 5.78 Å². The smallest absolute Gasteiger partial charge is 0.254 e. The minimum absolute atomic E-state index is 0.238. The van der Waals surface area contributed by atoms with Gasteiger partial charge in [0.15, 0.2) is 0 Å². The fourth-order valence-electron chi connectivity index (χ4n) is 3.19. The quantitative estimate of drug-likeness (QED) is 0.712. The van der Waals surface area contributed by atoms with Crippen molar-refractivity contribution in [1.82, 2.24) is 19.6 Å². The highest BCUT2D eigenvalue weighted by atomic mass is 19.1. The van der Waals surface area contributed by atoms with Crippen molar-refractivity contribution in [3.8, 4) is 11.1 Å². The van der Waals surface area contributed by atoms with Crippen LogP contribution in [0.2, 0.25) is 0 Å². The standard InChI is InChI=1S/C17H16F3N5/c1-10-2-4-24(5-3-10)16-12(8-25-17(23-16)21-9-22-25)15-13(19)6-11(18)7-14(15)20/h6-10H,2-5H2,1H3. The molecule has 130 valence electrons. The average Bonchev–Trinajstić information content (AvgIpc) is 3.01. The number of fused-ring (bicyclic) bond motifs is 1. The summed E-state index contributed by atoms with van der Waals surface area (Å²) in [6.45, 7) is 3.64. The summed E-state index contributed by atoms with van der Waals surface area (Å²) in [5, 5.41) is 3.99. The fraction of sp³-hybridized carbons (Fsp3) is 0.353. The number of halogens is 3. The maximum Gasteiger partial charge on any atom is 0.254 e. The summed E-state index contributed by atoms with van der Waals surface area (Å²) < 4.78 is 43.4. The molecule has 0 saturated carbocycles. The average molecular weight is 347 g/mol. The van der Waals surface area contributed by atoms with Crippen LogP contribution in [0.15, 0.2) is 24.7 Å². The van der Waals surface area contributed by atoms with Crippen LogP contribution >= 0.6 is 0 Å². The molecule has 8 heteroatoms. The second-order valence-electron chi connectivity index (χ2n) is 6.40. The molecule has 1 aromatic carbocycles. The van der Waals surface area contributed by atoms with Gasteiger partial charge in [-0.25, -0.2) is 17.7 Å². The number of benzene rings is 1. The van der Waals surface area contributed by atoms with Gasteiger partial charge in [-0.3, -0.25) is 0 Å². The van der Waals surface area contributed by atoms with Gasteiger partial charge in [-0.2, -0.15) is 15.1 Å². The van der Waals surface area contributed by atoms with E-state index in [0.717, 1.165) is 25.9 Å². The molecule has 0 atom stereocenters. The lowest BCUT2D eigenvalue weighted by Gasteiger charge is -2.32. The highest BCUT2D eigenvalue weighted by molar-refractivity contribution is 5.77. The molecule has 3 aromatic rings. The molecule has 3 heterocycles. The summed E-state index contributed by atoms with van der Waals surface area (Å²) in [6, 6.07) is 1.35. The third-order valence-electron chi connectivity index (χ3n) is 4.61. The van der Waals surface area contributed by atoms with E-state index in [1.54, 1.807) is 0 Å². The van der Waals surface area contributed by atoms with Gasteiger partial charge in [-0.05, 0) is 18.8 Å². The van der Waals surface area contributed by atoms with Crippen molar-refractivity contribution in [2.24, 2.45) is 5.92 Å². The van der Waals surface area contributed by atoms with E-state index in [1.165, 1.54) is 17.0 Å². The van der Waals surface area contributed by atoms with Crippen LogP contribution in [0.1, 0.15) is 19.8 Å². The Kier molecular flexibility index (Phi) is 3.82. The maximum absolute atomic E-state index is 14.4. The Bertz CT molecular complexity index is 908. The Labute approximate surface area is 142 Å². The molecule has 0 unspecified atom stereocenters. The lowest BCUT2D eigenvalue weighted by Crippen LogP contribution is -2.34. The molecule has 25 heavy (non-hydrogen) atoms. The Balaban J connectivity index is 1.91. The number of hydrogen-bond acceptors (Lipinski definition) is 4. The molecule has 1 saturated heterocycles. The Morgan fingerprint density at radius 3 is 2.44 bits per heavy atom. The van der Waals surface area contributed by atoms with E-state index < -0.39 is 17.5 Å². The molecule has 4 rings (SSSR count). The predicted octanol–water partition coefficient (Wildman–Crippen LogP) is 3.44. The van der Waals surface area contributed by atoms with Crippen LogP contribution in [-0.2, 0) is 0 Å². The molecule has 0 bridgehead atoms. The van der Waals surface area contributed by atoms with Gasteiger partial charge in [0, 0.05) is 37.0 Å². The van der Waals surface area contributed by atoms with Crippen LogP contribution in [0.5, 0.6) is 0 Å². The molecule has 0 aliphatic carbocycles. The number of piperidine rings is 1. The first kappa shape index (κ1) is 15.9. The van der Waals surface area contributed by atoms with Crippen LogP contribution in [0.25, 0.3) is 16.9 Å². The van der Waals surface area contributed by atoms with E-state index in [0.29, 0.717) is 29.6 Å². The minimum atomic E-state index is -0.967. The van der Waals surface area contributed by atoms with Crippen molar-refractivity contribution in [2.75, 3.05) is 18.0 Å². The molecule has 5 nitrogen and oxygen atoms in total. The zero-order valence-electron chi connectivity index (χ0n) is 13.6. The molecular weight excluding hydrogens is 331 g/mol. The number of rotatable bonds is 2. The number of aromatic nitrogens is 4. The Morgan fingerprint density at radius 1 is 1.08 bits per heavy atom. The lowest BCUT2D eigenvalue weighted by molar-refractivity contribution is 0.436. The summed E-state index contributed by atoms with van der Waals surface area (Å²) in [4.78, 5) is 10.5. The van der Waals surface area contributed by atoms with Crippen molar-refractivity contribution >= 4 is 11.6 Å². The molecule has 1 aliphatic rings. The first-order valence-electron chi connectivity index (χ1n) is 8.13. The molecular formula is C17H16F3N5. The maximum atomic E-state index is 14.4. The number of hydrogen-bond donors (Lipinski definition) is 0. The van der Waals surface area contributed by atoms with Crippen molar-refractivity contribution < 1.29 is 13.2 Å². The summed E-state index contributed by atoms with van der Waals surface area (Å²) in [7, 11) is 0. The Hall–Kier alpha value is -2.64. The summed E-state index contributed by atoms with van der Waals surface area (Å²) in [5.41, 5.74) is -0.0672. The van der Waals surface area contributed by atoms with Crippen molar-refractivity contribution in [1.29, 1.82) is 0 Å². The van der Waals surface area contributed by atoms with Gasteiger partial charge in [-0.15, -0.1) is 0 Å². The molecule has 2 aromatic heterocycles. The van der Waals surface area contributed by atoms with Crippen LogP contribution < -0.4 is 4.90 Å². The normalized spacial score (nSPS) is 15.9. The van der Waals surface area contributed by atoms with Gasteiger partial charge >= 0.3 is 0 Å². The fourth-order valence-corrected chi connectivity index (χ4v) is 3.19. The number of nitrogens with zero attached hydrogens (tertiary/aromatic N) is 5. The van der Waals surface area contributed by atoms with Crippen LogP contribution in [-0.4, -0.2) is 32.7 Å². The SMILES string of the molecule is CC1CCN(c2nc3ncnn3cc2-c2c(F)cc(F)cc2F)CC1. The first-order valence-corrected chi connectivity index (χ1v) is 8.13. The van der Waals surface area contributed by atoms with E-state index in [2.05, 4.69) is 22.0 Å². The second kappa shape index (κ2) is 6.02. The highest BCUT2D eigenvalue weighted by Crippen LogP contribution is 2.35. The Morgan fingerprint density at radius 2 is 1.76 bits per heavy atom. The van der Waals surface area contributed by atoms with E-state index in [-0.39, 0.29) is 11.1 Å². The monoisotopic (exact) mass is 347 g/mol. The third kappa shape index (κ3) is 2.81. The van der Waals surface area contributed by atoms with Crippen LogP contribution in [0.4, 0.5) is 19.0 Å². The molecule has 0 radical (unpaired) electrons. The van der Waals surface area contributed by atoms with E-state index in [9.17, 15) is 13.2 Å². The zero-order chi connectivity index (χ0) is 17.6. The lowest BCUT2D eigenvalue weighted by atomic mass is 9.98.